The van der Waals surface area contributed by atoms with E-state index in [4.69, 9.17) is 9.44 Å². The van der Waals surface area contributed by atoms with E-state index >= 15 is 0 Å². The maximum Gasteiger partial charge on any atom is 0.339 e. The number of hydrogen-bond donors (Lipinski definition) is 0. The molecule has 0 amide bonds. The topological polar surface area (TPSA) is 93.5 Å². The number of hydrogen-bond acceptors (Lipinski definition) is 6. The third kappa shape index (κ3) is 3.42. The average Bonchev–Trinajstić information content (AvgIpc) is 2.54. The highest BCUT2D eigenvalue weighted by Crippen LogP contribution is 2.20. The molecule has 6 nitrogen and oxygen atoms in total. The first kappa shape index (κ1) is 15.5. The zero-order valence-electron chi connectivity index (χ0n) is 11.5. The highest BCUT2D eigenvalue weighted by atomic mass is 32.2. The number of carbonyl (C=O) groups is 1. The van der Waals surface area contributed by atoms with Crippen LogP contribution >= 0.6 is 0 Å². The van der Waals surface area contributed by atoms with Gasteiger partial charge in [0, 0.05) is 0 Å². The summed E-state index contributed by atoms with van der Waals surface area (Å²) in [6, 6.07) is 12.8. The Morgan fingerprint density at radius 3 is 2.41 bits per heavy atom. The summed E-state index contributed by atoms with van der Waals surface area (Å²) in [7, 11) is -2.82. The van der Waals surface area contributed by atoms with Crippen molar-refractivity contribution in [3.05, 3.63) is 59.7 Å². The smallest absolute Gasteiger partial charge is 0.339 e. The molecule has 22 heavy (non-hydrogen) atoms. The molecule has 0 aliphatic carbocycles. The van der Waals surface area contributed by atoms with Crippen molar-refractivity contribution in [1.29, 1.82) is 5.26 Å². The van der Waals surface area contributed by atoms with Gasteiger partial charge in [-0.3, -0.25) is 0 Å². The van der Waals surface area contributed by atoms with Gasteiger partial charge in [0.2, 0.25) is 0 Å². The molecule has 0 radical (unpaired) electrons. The number of benzene rings is 2. The standard InChI is InChI=1S/C15H11NO5S/c1-20-15(17)12-3-2-4-13(9-12)21-22(18,19)14-7-5-11(10-16)6-8-14/h2-9H,1H3. The van der Waals surface area contributed by atoms with Gasteiger partial charge in [-0.1, -0.05) is 6.07 Å². The Morgan fingerprint density at radius 2 is 1.82 bits per heavy atom. The lowest BCUT2D eigenvalue weighted by molar-refractivity contribution is 0.0600. The molecule has 0 aromatic heterocycles. The lowest BCUT2D eigenvalue weighted by Crippen LogP contribution is -2.10. The molecule has 0 aliphatic rings. The molecular formula is C15H11NO5S. The van der Waals surface area contributed by atoms with E-state index in [2.05, 4.69) is 4.74 Å². The Hall–Kier alpha value is -2.85. The molecule has 2 aromatic rings. The van der Waals surface area contributed by atoms with Crippen LogP contribution in [0.4, 0.5) is 0 Å². The number of ether oxygens (including phenoxy) is 1. The Labute approximate surface area is 127 Å². The minimum absolute atomic E-state index is 0.00717. The fourth-order valence-corrected chi connectivity index (χ4v) is 2.59. The molecule has 2 aromatic carbocycles. The van der Waals surface area contributed by atoms with Crippen LogP contribution in [0.3, 0.4) is 0 Å². The van der Waals surface area contributed by atoms with Crippen LogP contribution in [0.1, 0.15) is 15.9 Å². The quantitative estimate of drug-likeness (QED) is 0.633. The van der Waals surface area contributed by atoms with Gasteiger partial charge in [0.25, 0.3) is 0 Å². The monoisotopic (exact) mass is 317 g/mol. The number of methoxy groups -OCH3 is 1. The Balaban J connectivity index is 2.28. The highest BCUT2D eigenvalue weighted by molar-refractivity contribution is 7.87. The third-order valence-corrected chi connectivity index (χ3v) is 3.99. The summed E-state index contributed by atoms with van der Waals surface area (Å²) in [5.41, 5.74) is 0.515. The van der Waals surface area contributed by atoms with Gasteiger partial charge in [0.1, 0.15) is 10.6 Å². The number of nitrogens with zero attached hydrogens (tertiary/aromatic N) is 1. The predicted octanol–water partition coefficient (Wildman–Crippen LogP) is 2.11. The van der Waals surface area contributed by atoms with E-state index in [0.29, 0.717) is 5.56 Å². The largest absolute Gasteiger partial charge is 0.465 e. The van der Waals surface area contributed by atoms with E-state index in [0.717, 1.165) is 0 Å². The van der Waals surface area contributed by atoms with Crippen molar-refractivity contribution in [3.63, 3.8) is 0 Å². The third-order valence-electron chi connectivity index (χ3n) is 2.73. The molecule has 0 saturated carbocycles. The molecule has 0 fully saturated rings. The first-order valence-corrected chi connectivity index (χ1v) is 7.50. The van der Waals surface area contributed by atoms with Crippen molar-refractivity contribution in [1.82, 2.24) is 0 Å². The predicted molar refractivity (Wildman–Crippen MR) is 76.8 cm³/mol. The van der Waals surface area contributed by atoms with E-state index in [9.17, 15) is 13.2 Å². The molecule has 0 spiro atoms. The minimum atomic E-state index is -4.05. The summed E-state index contributed by atoms with van der Waals surface area (Å²) >= 11 is 0. The molecule has 0 bridgehead atoms. The maximum atomic E-state index is 12.1. The van der Waals surface area contributed by atoms with E-state index in [-0.39, 0.29) is 16.2 Å². The van der Waals surface area contributed by atoms with Gasteiger partial charge in [-0.05, 0) is 42.5 Å². The van der Waals surface area contributed by atoms with Gasteiger partial charge in [-0.15, -0.1) is 0 Å². The first-order valence-electron chi connectivity index (χ1n) is 6.09. The van der Waals surface area contributed by atoms with Gasteiger partial charge in [-0.25, -0.2) is 4.79 Å². The van der Waals surface area contributed by atoms with Crippen LogP contribution in [0, 0.1) is 11.3 Å². The zero-order valence-corrected chi connectivity index (χ0v) is 12.3. The second kappa shape index (κ2) is 6.28. The van der Waals surface area contributed by atoms with E-state index in [1.54, 1.807) is 0 Å². The SMILES string of the molecule is COC(=O)c1cccc(OS(=O)(=O)c2ccc(C#N)cc2)c1. The highest BCUT2D eigenvalue weighted by Gasteiger charge is 2.17. The minimum Gasteiger partial charge on any atom is -0.465 e. The maximum absolute atomic E-state index is 12.1. The molecular weight excluding hydrogens is 306 g/mol. The summed E-state index contributed by atoms with van der Waals surface area (Å²) in [4.78, 5) is 11.3. The van der Waals surface area contributed by atoms with Crippen molar-refractivity contribution in [3.8, 4) is 11.8 Å². The van der Waals surface area contributed by atoms with E-state index in [1.165, 1.54) is 55.6 Å². The van der Waals surface area contributed by atoms with Crippen molar-refractivity contribution in [2.75, 3.05) is 7.11 Å². The molecule has 7 heteroatoms. The number of carbonyl (C=O) groups excluding carboxylic acids is 1. The Bertz CT molecular complexity index is 835. The summed E-state index contributed by atoms with van der Waals surface area (Å²) < 4.78 is 33.8. The van der Waals surface area contributed by atoms with Crippen molar-refractivity contribution >= 4 is 16.1 Å². The van der Waals surface area contributed by atoms with Crippen molar-refractivity contribution in [2.45, 2.75) is 4.90 Å². The first-order chi connectivity index (χ1) is 10.5. The summed E-state index contributed by atoms with van der Waals surface area (Å²) in [6.45, 7) is 0. The van der Waals surface area contributed by atoms with Crippen LogP contribution < -0.4 is 4.18 Å². The second-order valence-electron chi connectivity index (χ2n) is 4.19. The van der Waals surface area contributed by atoms with Crippen LogP contribution in [-0.2, 0) is 14.9 Å². The fourth-order valence-electron chi connectivity index (χ4n) is 1.66. The van der Waals surface area contributed by atoms with Crippen molar-refractivity contribution < 1.29 is 22.1 Å². The second-order valence-corrected chi connectivity index (χ2v) is 5.74. The summed E-state index contributed by atoms with van der Waals surface area (Å²) in [5.74, 6) is -0.603. The van der Waals surface area contributed by atoms with Crippen LogP contribution in [0.15, 0.2) is 53.4 Å². The Kier molecular flexibility index (Phi) is 4.44. The zero-order chi connectivity index (χ0) is 16.2. The Morgan fingerprint density at radius 1 is 1.14 bits per heavy atom. The van der Waals surface area contributed by atoms with Crippen LogP contribution in [0.25, 0.3) is 0 Å². The van der Waals surface area contributed by atoms with E-state index < -0.39 is 16.1 Å². The number of nitriles is 1. The van der Waals surface area contributed by atoms with Crippen molar-refractivity contribution in [2.24, 2.45) is 0 Å². The average molecular weight is 317 g/mol. The molecule has 0 unspecified atom stereocenters. The van der Waals surface area contributed by atoms with Crippen LogP contribution in [0.2, 0.25) is 0 Å². The fraction of sp³-hybridized carbons (Fsp3) is 0.0667. The molecule has 0 saturated heterocycles. The molecule has 0 heterocycles. The number of esters is 1. The van der Waals surface area contributed by atoms with Gasteiger partial charge in [-0.2, -0.15) is 13.7 Å². The lowest BCUT2D eigenvalue weighted by atomic mass is 10.2. The van der Waals surface area contributed by atoms with Gasteiger partial charge in [0.05, 0.1) is 24.3 Å². The van der Waals surface area contributed by atoms with Gasteiger partial charge in [0.15, 0.2) is 0 Å². The van der Waals surface area contributed by atoms with Gasteiger partial charge < -0.3 is 8.92 Å². The molecule has 2 rings (SSSR count). The van der Waals surface area contributed by atoms with Crippen LogP contribution in [0.5, 0.6) is 5.75 Å². The summed E-state index contributed by atoms with van der Waals surface area (Å²) in [6.07, 6.45) is 0. The van der Waals surface area contributed by atoms with Gasteiger partial charge >= 0.3 is 16.1 Å². The van der Waals surface area contributed by atoms with Crippen LogP contribution in [-0.4, -0.2) is 21.5 Å². The molecule has 0 aliphatic heterocycles. The van der Waals surface area contributed by atoms with E-state index in [1.807, 2.05) is 6.07 Å². The number of rotatable bonds is 4. The lowest BCUT2D eigenvalue weighted by Gasteiger charge is -2.08. The molecule has 112 valence electrons. The molecule has 0 atom stereocenters. The summed E-state index contributed by atoms with van der Waals surface area (Å²) in [5, 5.41) is 8.70. The molecule has 0 N–H and O–H groups in total. The normalized spacial score (nSPS) is 10.5.